The number of carbonyl (C=O) groups is 2. The highest BCUT2D eigenvalue weighted by Gasteiger charge is 2.38. The van der Waals surface area contributed by atoms with Crippen molar-refractivity contribution in [1.82, 2.24) is 20.0 Å². The lowest BCUT2D eigenvalue weighted by Crippen LogP contribution is -2.43. The van der Waals surface area contributed by atoms with Gasteiger partial charge in [-0.15, -0.1) is 0 Å². The Morgan fingerprint density at radius 3 is 2.27 bits per heavy atom. The van der Waals surface area contributed by atoms with Crippen LogP contribution >= 0.6 is 11.6 Å². The van der Waals surface area contributed by atoms with Crippen LogP contribution in [-0.4, -0.2) is 62.5 Å². The maximum Gasteiger partial charge on any atom is 0.490 e. The fraction of sp³-hybridized carbons (Fsp3) is 0.448. The van der Waals surface area contributed by atoms with Crippen molar-refractivity contribution in [3.05, 3.63) is 75.2 Å². The third kappa shape index (κ3) is 9.57. The second-order valence-electron chi connectivity index (χ2n) is 11.0. The van der Waals surface area contributed by atoms with Crippen LogP contribution in [0.25, 0.3) is 10.8 Å². The molecule has 41 heavy (non-hydrogen) atoms. The number of aliphatic carboxylic acids is 1. The van der Waals surface area contributed by atoms with Crippen molar-refractivity contribution in [3.8, 4) is 0 Å². The van der Waals surface area contributed by atoms with Crippen LogP contribution in [0.5, 0.6) is 0 Å². The number of hydrogen-bond donors (Lipinski definition) is 2. The SMILES string of the molecule is CC(C)(C)NC(=O)CCN1CCCC1Cn1nc(Cc2ccc(Cl)cc2)c2ccccc2c1=O.O=C(O)C(F)(F)F. The third-order valence-electron chi connectivity index (χ3n) is 6.49. The normalized spacial score (nSPS) is 15.8. The lowest BCUT2D eigenvalue weighted by molar-refractivity contribution is -0.192. The first-order chi connectivity index (χ1) is 19.1. The van der Waals surface area contributed by atoms with Crippen LogP contribution in [0.1, 0.15) is 51.3 Å². The maximum absolute atomic E-state index is 13.3. The molecular weight excluding hydrogens is 561 g/mol. The first-order valence-electron chi connectivity index (χ1n) is 13.2. The molecule has 0 radical (unpaired) electrons. The largest absolute Gasteiger partial charge is 0.490 e. The Balaban J connectivity index is 0.000000587. The quantitative estimate of drug-likeness (QED) is 0.397. The molecule has 1 fully saturated rings. The van der Waals surface area contributed by atoms with E-state index in [-0.39, 0.29) is 23.0 Å². The molecule has 1 amide bonds. The van der Waals surface area contributed by atoms with Crippen molar-refractivity contribution in [2.45, 2.75) is 70.8 Å². The molecule has 1 aliphatic heterocycles. The summed E-state index contributed by atoms with van der Waals surface area (Å²) >= 11 is 6.05. The van der Waals surface area contributed by atoms with Gasteiger partial charge < -0.3 is 10.4 Å². The molecule has 12 heteroatoms. The smallest absolute Gasteiger partial charge is 0.475 e. The summed E-state index contributed by atoms with van der Waals surface area (Å²) < 4.78 is 33.4. The van der Waals surface area contributed by atoms with Crippen molar-refractivity contribution in [2.24, 2.45) is 0 Å². The summed E-state index contributed by atoms with van der Waals surface area (Å²) in [6.07, 6.45) is -1.95. The number of likely N-dealkylation sites (tertiary alicyclic amines) is 1. The molecule has 1 aliphatic rings. The molecule has 0 saturated carbocycles. The van der Waals surface area contributed by atoms with E-state index in [0.717, 1.165) is 36.0 Å². The van der Waals surface area contributed by atoms with Gasteiger partial charge in [0.15, 0.2) is 0 Å². The first-order valence-corrected chi connectivity index (χ1v) is 13.6. The van der Waals surface area contributed by atoms with Gasteiger partial charge in [-0.1, -0.05) is 41.9 Å². The van der Waals surface area contributed by atoms with Crippen LogP contribution in [0.2, 0.25) is 5.02 Å². The van der Waals surface area contributed by atoms with Crippen LogP contribution in [0.4, 0.5) is 13.2 Å². The number of rotatable bonds is 7. The number of nitrogens with one attached hydrogen (secondary N) is 1. The van der Waals surface area contributed by atoms with Crippen LogP contribution in [0.15, 0.2) is 53.3 Å². The molecule has 2 heterocycles. The predicted molar refractivity (Wildman–Crippen MR) is 151 cm³/mol. The van der Waals surface area contributed by atoms with E-state index in [2.05, 4.69) is 10.2 Å². The number of fused-ring (bicyclic) bond motifs is 1. The van der Waals surface area contributed by atoms with E-state index in [9.17, 15) is 22.8 Å². The minimum Gasteiger partial charge on any atom is -0.475 e. The van der Waals surface area contributed by atoms with Crippen LogP contribution in [0, 0.1) is 0 Å². The molecule has 0 spiro atoms. The molecule has 3 aromatic rings. The van der Waals surface area contributed by atoms with Gasteiger partial charge in [-0.3, -0.25) is 14.5 Å². The molecule has 2 N–H and O–H groups in total. The highest BCUT2D eigenvalue weighted by Crippen LogP contribution is 2.21. The van der Waals surface area contributed by atoms with E-state index >= 15 is 0 Å². The zero-order valence-corrected chi connectivity index (χ0v) is 23.9. The topological polar surface area (TPSA) is 105 Å². The van der Waals surface area contributed by atoms with Crippen molar-refractivity contribution in [1.29, 1.82) is 0 Å². The molecule has 4 rings (SSSR count). The van der Waals surface area contributed by atoms with Gasteiger partial charge >= 0.3 is 12.1 Å². The number of alkyl halides is 3. The molecule has 1 saturated heterocycles. The Hall–Kier alpha value is -3.44. The average Bonchev–Trinajstić information content (AvgIpc) is 3.32. The van der Waals surface area contributed by atoms with Gasteiger partial charge in [-0.25, -0.2) is 9.48 Å². The molecule has 1 atom stereocenters. The number of hydrogen-bond acceptors (Lipinski definition) is 5. The monoisotopic (exact) mass is 594 g/mol. The second-order valence-corrected chi connectivity index (χ2v) is 11.4. The van der Waals surface area contributed by atoms with Crippen LogP contribution in [-0.2, 0) is 22.6 Å². The van der Waals surface area contributed by atoms with E-state index in [1.165, 1.54) is 0 Å². The second kappa shape index (κ2) is 13.5. The summed E-state index contributed by atoms with van der Waals surface area (Å²) in [7, 11) is 0. The van der Waals surface area contributed by atoms with Gasteiger partial charge in [0.05, 0.1) is 17.6 Å². The molecule has 2 aromatic carbocycles. The van der Waals surface area contributed by atoms with Crippen LogP contribution in [0.3, 0.4) is 0 Å². The number of carboxylic acids is 1. The summed E-state index contributed by atoms with van der Waals surface area (Å²) in [5, 5.41) is 17.3. The van der Waals surface area contributed by atoms with Crippen molar-refractivity contribution in [2.75, 3.05) is 13.1 Å². The van der Waals surface area contributed by atoms with Crippen molar-refractivity contribution < 1.29 is 27.9 Å². The molecule has 8 nitrogen and oxygen atoms in total. The Morgan fingerprint density at radius 2 is 1.68 bits per heavy atom. The summed E-state index contributed by atoms with van der Waals surface area (Å²) in [5.74, 6) is -2.70. The molecule has 222 valence electrons. The minimum atomic E-state index is -5.08. The molecular formula is C29H34ClF3N4O4. The zero-order chi connectivity index (χ0) is 30.4. The molecule has 0 bridgehead atoms. The van der Waals surface area contributed by atoms with E-state index in [0.29, 0.717) is 36.3 Å². The van der Waals surface area contributed by atoms with E-state index in [1.807, 2.05) is 69.3 Å². The number of amides is 1. The van der Waals surface area contributed by atoms with E-state index in [4.69, 9.17) is 26.6 Å². The Kier molecular flexibility index (Phi) is 10.5. The Labute approximate surface area is 241 Å². The fourth-order valence-corrected chi connectivity index (χ4v) is 4.80. The fourth-order valence-electron chi connectivity index (χ4n) is 4.68. The highest BCUT2D eigenvalue weighted by atomic mass is 35.5. The van der Waals surface area contributed by atoms with Gasteiger partial charge in [-0.05, 0) is 63.9 Å². The molecule has 0 aliphatic carbocycles. The highest BCUT2D eigenvalue weighted by molar-refractivity contribution is 6.30. The Bertz CT molecular complexity index is 1420. The number of carboxylic acid groups (broad SMARTS) is 1. The number of benzene rings is 2. The zero-order valence-electron chi connectivity index (χ0n) is 23.2. The number of aromatic nitrogens is 2. The number of halogens is 4. The van der Waals surface area contributed by atoms with Crippen LogP contribution < -0.4 is 10.9 Å². The summed E-state index contributed by atoms with van der Waals surface area (Å²) in [6, 6.07) is 15.6. The summed E-state index contributed by atoms with van der Waals surface area (Å²) in [5.41, 5.74) is 1.68. The first kappa shape index (κ1) is 32.1. The van der Waals surface area contributed by atoms with E-state index in [1.54, 1.807) is 4.68 Å². The standard InChI is InChI=1S/C27H33ClN4O2.C2HF3O2/c1-27(2,3)29-25(33)14-16-31-15-6-7-21(31)18-32-26(34)23-9-5-4-8-22(23)24(30-32)17-19-10-12-20(28)13-11-19;3-2(4,5)1(6)7/h4-5,8-13,21H,6-7,14-18H2,1-3H3,(H,29,33);(H,6,7). The molecule has 1 aromatic heterocycles. The van der Waals surface area contributed by atoms with Crippen molar-refractivity contribution >= 4 is 34.2 Å². The predicted octanol–water partition coefficient (Wildman–Crippen LogP) is 5.04. The van der Waals surface area contributed by atoms with Gasteiger partial charge in [0, 0.05) is 41.4 Å². The summed E-state index contributed by atoms with van der Waals surface area (Å²) in [4.78, 5) is 36.8. The van der Waals surface area contributed by atoms with Gasteiger partial charge in [0.25, 0.3) is 5.56 Å². The average molecular weight is 595 g/mol. The van der Waals surface area contributed by atoms with Gasteiger partial charge in [-0.2, -0.15) is 18.3 Å². The lowest BCUT2D eigenvalue weighted by atomic mass is 10.0. The number of carbonyl (C=O) groups excluding carboxylic acids is 1. The number of nitrogens with zero attached hydrogens (tertiary/aromatic N) is 3. The van der Waals surface area contributed by atoms with Crippen molar-refractivity contribution in [3.63, 3.8) is 0 Å². The summed E-state index contributed by atoms with van der Waals surface area (Å²) in [6.45, 7) is 8.12. The molecule has 1 unspecified atom stereocenters. The minimum absolute atomic E-state index is 0.0596. The lowest BCUT2D eigenvalue weighted by Gasteiger charge is -2.26. The van der Waals surface area contributed by atoms with Gasteiger partial charge in [0.1, 0.15) is 0 Å². The maximum atomic E-state index is 13.3. The van der Waals surface area contributed by atoms with Gasteiger partial charge in [0.2, 0.25) is 5.91 Å². The Morgan fingerprint density at radius 1 is 1.07 bits per heavy atom. The van der Waals surface area contributed by atoms with E-state index < -0.39 is 12.1 Å². The third-order valence-corrected chi connectivity index (χ3v) is 6.75.